The number of amides is 2. The summed E-state index contributed by atoms with van der Waals surface area (Å²) in [5.41, 5.74) is 8.32. The first kappa shape index (κ1) is 16.5. The van der Waals surface area contributed by atoms with E-state index in [2.05, 4.69) is 10.9 Å². The second-order valence-electron chi connectivity index (χ2n) is 6.11. The van der Waals surface area contributed by atoms with Gasteiger partial charge < -0.3 is 4.90 Å². The molecule has 1 heterocycles. The molecule has 2 aromatic rings. The molecule has 0 fully saturated rings. The maximum absolute atomic E-state index is 12.4. The van der Waals surface area contributed by atoms with Gasteiger partial charge in [0.25, 0.3) is 11.8 Å². The lowest BCUT2D eigenvalue weighted by atomic mass is 9.96. The zero-order chi connectivity index (χ0) is 17.1. The standard InChI is InChI=1S/C18H21N3O2S/c1-21(2)13-7-5-6-12(10-13)17(22)19-20-18(23)15-11-24-16-9-4-3-8-14(15)16/h5-7,10-11H,3-4,8-9H2,1-2H3,(H,19,22)(H,20,23). The van der Waals surface area contributed by atoms with Crippen LogP contribution in [0.2, 0.25) is 0 Å². The van der Waals surface area contributed by atoms with Gasteiger partial charge in [-0.25, -0.2) is 0 Å². The van der Waals surface area contributed by atoms with Crippen molar-refractivity contribution >= 4 is 28.8 Å². The van der Waals surface area contributed by atoms with Gasteiger partial charge in [-0.1, -0.05) is 6.07 Å². The molecule has 24 heavy (non-hydrogen) atoms. The van der Waals surface area contributed by atoms with Crippen molar-refractivity contribution in [2.24, 2.45) is 0 Å². The summed E-state index contributed by atoms with van der Waals surface area (Å²) in [6, 6.07) is 7.25. The number of hydrogen-bond acceptors (Lipinski definition) is 4. The first-order valence-electron chi connectivity index (χ1n) is 8.03. The summed E-state index contributed by atoms with van der Waals surface area (Å²) in [7, 11) is 3.83. The van der Waals surface area contributed by atoms with E-state index in [4.69, 9.17) is 0 Å². The fourth-order valence-electron chi connectivity index (χ4n) is 2.86. The van der Waals surface area contributed by atoms with Gasteiger partial charge in [-0.15, -0.1) is 11.3 Å². The van der Waals surface area contributed by atoms with Gasteiger partial charge >= 0.3 is 0 Å². The molecule has 2 N–H and O–H groups in total. The van der Waals surface area contributed by atoms with Crippen molar-refractivity contribution in [3.8, 4) is 0 Å². The third-order valence-electron chi connectivity index (χ3n) is 4.22. The molecule has 0 unspecified atom stereocenters. The summed E-state index contributed by atoms with van der Waals surface area (Å²) in [6.45, 7) is 0. The zero-order valence-electron chi connectivity index (χ0n) is 13.9. The molecule has 1 aromatic carbocycles. The summed E-state index contributed by atoms with van der Waals surface area (Å²) in [5.74, 6) is -0.567. The highest BCUT2D eigenvalue weighted by Gasteiger charge is 2.20. The second kappa shape index (κ2) is 7.05. The molecular formula is C18H21N3O2S. The molecule has 1 aliphatic rings. The van der Waals surface area contributed by atoms with Gasteiger partial charge in [0.2, 0.25) is 0 Å². The van der Waals surface area contributed by atoms with E-state index < -0.39 is 0 Å². The number of carbonyl (C=O) groups excluding carboxylic acids is 2. The number of anilines is 1. The average Bonchev–Trinajstić information content (AvgIpc) is 3.03. The van der Waals surface area contributed by atoms with Gasteiger partial charge in [0.1, 0.15) is 0 Å². The highest BCUT2D eigenvalue weighted by Crippen LogP contribution is 2.30. The predicted molar refractivity (Wildman–Crippen MR) is 96.7 cm³/mol. The van der Waals surface area contributed by atoms with Crippen molar-refractivity contribution < 1.29 is 9.59 Å². The number of hydrogen-bond donors (Lipinski definition) is 2. The molecule has 0 spiro atoms. The van der Waals surface area contributed by atoms with Crippen LogP contribution in [-0.4, -0.2) is 25.9 Å². The van der Waals surface area contributed by atoms with Gasteiger partial charge in [0.15, 0.2) is 0 Å². The first-order valence-corrected chi connectivity index (χ1v) is 8.91. The predicted octanol–water partition coefficient (Wildman–Crippen LogP) is 2.77. The van der Waals surface area contributed by atoms with Crippen LogP contribution in [0, 0.1) is 0 Å². The van der Waals surface area contributed by atoms with Crippen LogP contribution in [0.5, 0.6) is 0 Å². The fourth-order valence-corrected chi connectivity index (χ4v) is 3.99. The number of hydrazine groups is 1. The fraction of sp³-hybridized carbons (Fsp3) is 0.333. The van der Waals surface area contributed by atoms with Crippen molar-refractivity contribution in [3.63, 3.8) is 0 Å². The van der Waals surface area contributed by atoms with Gasteiger partial charge in [-0.3, -0.25) is 20.4 Å². The summed E-state index contributed by atoms with van der Waals surface area (Å²) in [4.78, 5) is 27.8. The van der Waals surface area contributed by atoms with Gasteiger partial charge in [-0.2, -0.15) is 0 Å². The van der Waals surface area contributed by atoms with Crippen LogP contribution in [0.15, 0.2) is 29.6 Å². The smallest absolute Gasteiger partial charge is 0.270 e. The lowest BCUT2D eigenvalue weighted by Crippen LogP contribution is -2.41. The Balaban J connectivity index is 1.65. The Labute approximate surface area is 145 Å². The van der Waals surface area contributed by atoms with Crippen molar-refractivity contribution in [2.75, 3.05) is 19.0 Å². The van der Waals surface area contributed by atoms with Crippen LogP contribution in [-0.2, 0) is 12.8 Å². The van der Waals surface area contributed by atoms with E-state index in [1.54, 1.807) is 23.5 Å². The molecule has 6 heteroatoms. The largest absolute Gasteiger partial charge is 0.378 e. The van der Waals surface area contributed by atoms with E-state index in [-0.39, 0.29) is 11.8 Å². The Kier molecular flexibility index (Phi) is 4.85. The first-order chi connectivity index (χ1) is 11.6. The summed E-state index contributed by atoms with van der Waals surface area (Å²) < 4.78 is 0. The molecule has 1 aliphatic carbocycles. The Morgan fingerprint density at radius 3 is 2.62 bits per heavy atom. The van der Waals surface area contributed by atoms with Gasteiger partial charge in [-0.05, 0) is 49.4 Å². The van der Waals surface area contributed by atoms with Crippen molar-refractivity contribution in [3.05, 3.63) is 51.2 Å². The number of benzene rings is 1. The van der Waals surface area contributed by atoms with Crippen LogP contribution < -0.4 is 15.8 Å². The van der Waals surface area contributed by atoms with E-state index in [9.17, 15) is 9.59 Å². The molecular weight excluding hydrogens is 322 g/mol. The maximum Gasteiger partial charge on any atom is 0.270 e. The second-order valence-corrected chi connectivity index (χ2v) is 7.08. The summed E-state index contributed by atoms with van der Waals surface area (Å²) in [5, 5.41) is 1.89. The third-order valence-corrected chi connectivity index (χ3v) is 5.31. The normalized spacial score (nSPS) is 13.1. The minimum atomic E-state index is -0.323. The van der Waals surface area contributed by atoms with Gasteiger partial charge in [0, 0.05) is 35.6 Å². The Bertz CT molecular complexity index is 767. The Morgan fingerprint density at radius 2 is 1.83 bits per heavy atom. The number of thiophene rings is 1. The van der Waals surface area contributed by atoms with E-state index >= 15 is 0 Å². The van der Waals surface area contributed by atoms with E-state index in [0.29, 0.717) is 11.1 Å². The third kappa shape index (κ3) is 3.43. The number of fused-ring (bicyclic) bond motifs is 1. The number of nitrogens with one attached hydrogen (secondary N) is 2. The highest BCUT2D eigenvalue weighted by molar-refractivity contribution is 7.10. The van der Waals surface area contributed by atoms with Crippen LogP contribution in [0.1, 0.15) is 44.0 Å². The van der Waals surface area contributed by atoms with Crippen molar-refractivity contribution in [2.45, 2.75) is 25.7 Å². The monoisotopic (exact) mass is 343 g/mol. The van der Waals surface area contributed by atoms with E-state index in [0.717, 1.165) is 30.5 Å². The molecule has 0 atom stereocenters. The van der Waals surface area contributed by atoms with Crippen LogP contribution >= 0.6 is 11.3 Å². The van der Waals surface area contributed by atoms with Crippen LogP contribution in [0.3, 0.4) is 0 Å². The van der Waals surface area contributed by atoms with E-state index in [1.165, 1.54) is 11.3 Å². The minimum Gasteiger partial charge on any atom is -0.378 e. The zero-order valence-corrected chi connectivity index (χ0v) is 14.7. The topological polar surface area (TPSA) is 61.4 Å². The lowest BCUT2D eigenvalue weighted by molar-refractivity contribution is 0.0846. The average molecular weight is 343 g/mol. The number of rotatable bonds is 3. The lowest BCUT2D eigenvalue weighted by Gasteiger charge is -2.14. The Hall–Kier alpha value is -2.34. The molecule has 126 valence electrons. The molecule has 0 bridgehead atoms. The van der Waals surface area contributed by atoms with Crippen molar-refractivity contribution in [1.82, 2.24) is 10.9 Å². The summed E-state index contributed by atoms with van der Waals surface area (Å²) in [6.07, 6.45) is 4.30. The number of aryl methyl sites for hydroxylation is 1. The molecule has 3 rings (SSSR count). The number of nitrogens with zero attached hydrogens (tertiary/aromatic N) is 1. The molecule has 0 saturated heterocycles. The molecule has 1 aromatic heterocycles. The molecule has 0 aliphatic heterocycles. The quantitative estimate of drug-likeness (QED) is 0.843. The molecule has 2 amide bonds. The molecule has 0 radical (unpaired) electrons. The van der Waals surface area contributed by atoms with Crippen LogP contribution in [0.25, 0.3) is 0 Å². The van der Waals surface area contributed by atoms with Gasteiger partial charge in [0.05, 0.1) is 5.56 Å². The number of carbonyl (C=O) groups is 2. The Morgan fingerprint density at radius 1 is 1.08 bits per heavy atom. The van der Waals surface area contributed by atoms with Crippen LogP contribution in [0.4, 0.5) is 5.69 Å². The SMILES string of the molecule is CN(C)c1cccc(C(=O)NNC(=O)c2csc3c2CCCC3)c1. The maximum atomic E-state index is 12.4. The highest BCUT2D eigenvalue weighted by atomic mass is 32.1. The summed E-state index contributed by atoms with van der Waals surface area (Å²) >= 11 is 1.64. The molecule has 5 nitrogen and oxygen atoms in total. The van der Waals surface area contributed by atoms with Crippen molar-refractivity contribution in [1.29, 1.82) is 0 Å². The minimum absolute atomic E-state index is 0.244. The molecule has 0 saturated carbocycles. The van der Waals surface area contributed by atoms with E-state index in [1.807, 2.05) is 36.5 Å².